The highest BCUT2D eigenvalue weighted by Gasteiger charge is 2.43. The maximum absolute atomic E-state index is 10.8. The van der Waals surface area contributed by atoms with Gasteiger partial charge in [0.1, 0.15) is 30.3 Å². The topological polar surface area (TPSA) is 80.6 Å². The molecule has 2 atom stereocenters. The molecule has 2 aromatic rings. The zero-order chi connectivity index (χ0) is 21.4. The second-order valence-electron chi connectivity index (χ2n) is 8.63. The van der Waals surface area contributed by atoms with Gasteiger partial charge >= 0.3 is 0 Å². The Kier molecular flexibility index (Phi) is 5.42. The summed E-state index contributed by atoms with van der Waals surface area (Å²) in [5, 5.41) is 21.5. The summed E-state index contributed by atoms with van der Waals surface area (Å²) in [6, 6.07) is 11.2. The molecule has 0 amide bonds. The number of ether oxygens (including phenoxy) is 4. The van der Waals surface area contributed by atoms with Gasteiger partial charge in [-0.15, -0.1) is 0 Å². The molecule has 0 aromatic heterocycles. The minimum atomic E-state index is -0.604. The highest BCUT2D eigenvalue weighted by Crippen LogP contribution is 2.45. The molecular formula is C24H29NO6. The number of aliphatic hydroxyl groups excluding tert-OH is 2. The number of methoxy groups -OCH3 is 1. The van der Waals surface area contributed by atoms with E-state index in [2.05, 4.69) is 4.90 Å². The number of benzene rings is 2. The highest BCUT2D eigenvalue weighted by atomic mass is 16.6. The molecule has 0 radical (unpaired) electrons. The van der Waals surface area contributed by atoms with Crippen molar-refractivity contribution >= 4 is 0 Å². The quantitative estimate of drug-likeness (QED) is 0.777. The van der Waals surface area contributed by atoms with Gasteiger partial charge in [0.15, 0.2) is 11.5 Å². The lowest BCUT2D eigenvalue weighted by Gasteiger charge is -2.46. The van der Waals surface area contributed by atoms with E-state index in [0.29, 0.717) is 37.7 Å². The Labute approximate surface area is 182 Å². The molecule has 2 N–H and O–H groups in total. The van der Waals surface area contributed by atoms with E-state index < -0.39 is 12.2 Å². The van der Waals surface area contributed by atoms with E-state index in [1.54, 1.807) is 7.11 Å². The summed E-state index contributed by atoms with van der Waals surface area (Å²) in [7, 11) is 1.63. The van der Waals surface area contributed by atoms with Crippen molar-refractivity contribution in [1.29, 1.82) is 0 Å². The third-order valence-corrected chi connectivity index (χ3v) is 6.62. The minimum absolute atomic E-state index is 0.378. The SMILES string of the molecule is COc1ccc2c(c1)OC1(CCN(C[C@@H](O)c3ccc4c(c3)OCCO4)CC1)C[C@@H]2O. The summed E-state index contributed by atoms with van der Waals surface area (Å²) >= 11 is 0. The van der Waals surface area contributed by atoms with Crippen LogP contribution in [0.25, 0.3) is 0 Å². The number of likely N-dealkylation sites (tertiary alicyclic amines) is 1. The molecule has 7 heteroatoms. The molecule has 3 aliphatic rings. The third kappa shape index (κ3) is 4.05. The van der Waals surface area contributed by atoms with Crippen LogP contribution in [0.15, 0.2) is 36.4 Å². The maximum Gasteiger partial charge on any atom is 0.161 e. The van der Waals surface area contributed by atoms with Gasteiger partial charge in [-0.3, -0.25) is 0 Å². The molecule has 0 saturated carbocycles. The average molecular weight is 427 g/mol. The van der Waals surface area contributed by atoms with Crippen molar-refractivity contribution in [1.82, 2.24) is 4.90 Å². The maximum atomic E-state index is 10.8. The first kappa shape index (κ1) is 20.4. The number of hydrogen-bond donors (Lipinski definition) is 2. The van der Waals surface area contributed by atoms with E-state index in [-0.39, 0.29) is 5.60 Å². The summed E-state index contributed by atoms with van der Waals surface area (Å²) in [6.07, 6.45) is 1.05. The van der Waals surface area contributed by atoms with E-state index in [0.717, 1.165) is 48.6 Å². The number of fused-ring (bicyclic) bond motifs is 2. The number of nitrogens with zero attached hydrogens (tertiary/aromatic N) is 1. The lowest BCUT2D eigenvalue weighted by Crippen LogP contribution is -2.51. The van der Waals surface area contributed by atoms with E-state index >= 15 is 0 Å². The Morgan fingerprint density at radius 3 is 2.61 bits per heavy atom. The highest BCUT2D eigenvalue weighted by molar-refractivity contribution is 5.45. The summed E-state index contributed by atoms with van der Waals surface area (Å²) in [5.74, 6) is 2.86. The van der Waals surface area contributed by atoms with Gasteiger partial charge in [0.25, 0.3) is 0 Å². The molecule has 0 aliphatic carbocycles. The molecular weight excluding hydrogens is 398 g/mol. The smallest absolute Gasteiger partial charge is 0.161 e. The van der Waals surface area contributed by atoms with E-state index in [4.69, 9.17) is 18.9 Å². The average Bonchev–Trinajstić information content (AvgIpc) is 2.80. The molecule has 1 saturated heterocycles. The molecule has 166 valence electrons. The third-order valence-electron chi connectivity index (χ3n) is 6.62. The molecule has 1 fully saturated rings. The van der Waals surface area contributed by atoms with Crippen molar-refractivity contribution < 1.29 is 29.2 Å². The van der Waals surface area contributed by atoms with Crippen LogP contribution in [0.1, 0.15) is 42.6 Å². The Hall–Kier alpha value is -2.48. The molecule has 0 unspecified atom stereocenters. The molecule has 1 spiro atoms. The molecule has 7 nitrogen and oxygen atoms in total. The van der Waals surface area contributed by atoms with Crippen molar-refractivity contribution in [2.24, 2.45) is 0 Å². The number of rotatable bonds is 4. The predicted octanol–water partition coefficient (Wildman–Crippen LogP) is 2.85. The normalized spacial score (nSPS) is 23.0. The van der Waals surface area contributed by atoms with Gasteiger partial charge in [-0.1, -0.05) is 6.07 Å². The Morgan fingerprint density at radius 2 is 1.84 bits per heavy atom. The van der Waals surface area contributed by atoms with Crippen molar-refractivity contribution in [3.05, 3.63) is 47.5 Å². The standard InChI is InChI=1S/C24H29NO6/c1-28-17-3-4-18-19(26)14-24(31-22(18)13-17)6-8-25(9-7-24)15-20(27)16-2-5-21-23(12-16)30-11-10-29-21/h2-5,12-13,19-20,26-27H,6-11,14-15H2,1H3/t19-,20+/m0/s1. The van der Waals surface area contributed by atoms with Gasteiger partial charge in [0, 0.05) is 37.7 Å². The van der Waals surface area contributed by atoms with Crippen LogP contribution in [0.3, 0.4) is 0 Å². The first-order valence-electron chi connectivity index (χ1n) is 10.9. The lowest BCUT2D eigenvalue weighted by atomic mass is 9.81. The zero-order valence-corrected chi connectivity index (χ0v) is 17.8. The number of aliphatic hydroxyl groups is 2. The van der Waals surface area contributed by atoms with Crippen LogP contribution in [-0.2, 0) is 0 Å². The second-order valence-corrected chi connectivity index (χ2v) is 8.63. The van der Waals surface area contributed by atoms with Gasteiger partial charge in [-0.2, -0.15) is 0 Å². The molecule has 5 rings (SSSR count). The molecule has 3 aliphatic heterocycles. The van der Waals surface area contributed by atoms with Gasteiger partial charge in [-0.05, 0) is 42.7 Å². The van der Waals surface area contributed by atoms with Gasteiger partial charge < -0.3 is 34.1 Å². The first-order valence-corrected chi connectivity index (χ1v) is 10.9. The van der Waals surface area contributed by atoms with Crippen molar-refractivity contribution in [3.8, 4) is 23.0 Å². The number of β-amino-alcohol motifs (C(OH)–C–C–N with tert-alkyl or cyclic N) is 1. The van der Waals surface area contributed by atoms with Crippen LogP contribution in [0.2, 0.25) is 0 Å². The van der Waals surface area contributed by atoms with Crippen LogP contribution in [0.4, 0.5) is 0 Å². The number of piperidine rings is 1. The van der Waals surface area contributed by atoms with Crippen LogP contribution in [0.5, 0.6) is 23.0 Å². The van der Waals surface area contributed by atoms with Gasteiger partial charge in [-0.25, -0.2) is 0 Å². The van der Waals surface area contributed by atoms with Crippen molar-refractivity contribution in [3.63, 3.8) is 0 Å². The molecule has 0 bridgehead atoms. The molecule has 31 heavy (non-hydrogen) atoms. The monoisotopic (exact) mass is 427 g/mol. The Balaban J connectivity index is 1.22. The molecule has 3 heterocycles. The van der Waals surface area contributed by atoms with E-state index in [9.17, 15) is 10.2 Å². The fraction of sp³-hybridized carbons (Fsp3) is 0.500. The predicted molar refractivity (Wildman–Crippen MR) is 114 cm³/mol. The lowest BCUT2D eigenvalue weighted by molar-refractivity contribution is -0.0588. The van der Waals surface area contributed by atoms with Crippen LogP contribution >= 0.6 is 0 Å². The summed E-state index contributed by atoms with van der Waals surface area (Å²) in [4.78, 5) is 2.25. The Morgan fingerprint density at radius 1 is 1.06 bits per heavy atom. The minimum Gasteiger partial charge on any atom is -0.497 e. The van der Waals surface area contributed by atoms with Gasteiger partial charge in [0.05, 0.1) is 19.3 Å². The van der Waals surface area contributed by atoms with Gasteiger partial charge in [0.2, 0.25) is 0 Å². The van der Waals surface area contributed by atoms with Crippen LogP contribution in [0, 0.1) is 0 Å². The van der Waals surface area contributed by atoms with E-state index in [1.807, 2.05) is 36.4 Å². The number of hydrogen-bond acceptors (Lipinski definition) is 7. The fourth-order valence-corrected chi connectivity index (χ4v) is 4.81. The van der Waals surface area contributed by atoms with Crippen LogP contribution < -0.4 is 18.9 Å². The second kappa shape index (κ2) is 8.22. The van der Waals surface area contributed by atoms with Crippen molar-refractivity contribution in [2.45, 2.75) is 37.1 Å². The summed E-state index contributed by atoms with van der Waals surface area (Å²) in [5.41, 5.74) is 1.27. The fourth-order valence-electron chi connectivity index (χ4n) is 4.81. The Bertz CT molecular complexity index is 940. The summed E-state index contributed by atoms with van der Waals surface area (Å²) < 4.78 is 22.9. The van der Waals surface area contributed by atoms with Crippen molar-refractivity contribution in [2.75, 3.05) is 40.0 Å². The summed E-state index contributed by atoms with van der Waals surface area (Å²) in [6.45, 7) is 3.23. The largest absolute Gasteiger partial charge is 0.497 e. The van der Waals surface area contributed by atoms with E-state index in [1.165, 1.54) is 0 Å². The molecule has 2 aromatic carbocycles. The van der Waals surface area contributed by atoms with Crippen LogP contribution in [-0.4, -0.2) is 60.7 Å². The first-order chi connectivity index (χ1) is 15.0. The zero-order valence-electron chi connectivity index (χ0n) is 17.8.